The first kappa shape index (κ1) is 17.4. The zero-order valence-electron chi connectivity index (χ0n) is 14.5. The highest BCUT2D eigenvalue weighted by atomic mass is 32.1. The number of nitrogens with zero attached hydrogens (tertiary/aromatic N) is 2. The van der Waals surface area contributed by atoms with Crippen LogP contribution in [0.25, 0.3) is 0 Å². The molecule has 0 aliphatic carbocycles. The Morgan fingerprint density at radius 2 is 2.27 bits per heavy atom. The number of nitrogens with one attached hydrogen (secondary N) is 1. The van der Waals surface area contributed by atoms with Gasteiger partial charge in [0.15, 0.2) is 0 Å². The van der Waals surface area contributed by atoms with Gasteiger partial charge in [0.05, 0.1) is 11.2 Å². The fourth-order valence-electron chi connectivity index (χ4n) is 3.12. The minimum atomic E-state index is -0.0990. The third kappa shape index (κ3) is 4.53. The van der Waals surface area contributed by atoms with Gasteiger partial charge in [0.1, 0.15) is 4.88 Å². The topological polar surface area (TPSA) is 45.2 Å². The molecule has 124 valence electrons. The summed E-state index contributed by atoms with van der Waals surface area (Å²) < 4.78 is 0. The number of hydrogen-bond donors (Lipinski definition) is 1. The van der Waals surface area contributed by atoms with Gasteiger partial charge in [0.2, 0.25) is 0 Å². The van der Waals surface area contributed by atoms with E-state index in [0.29, 0.717) is 0 Å². The summed E-state index contributed by atoms with van der Waals surface area (Å²) in [7, 11) is 0. The molecule has 2 rings (SSSR count). The number of carbonyl (C=O) groups excluding carboxylic acids is 1. The number of hydrogen-bond acceptors (Lipinski definition) is 4. The van der Waals surface area contributed by atoms with Gasteiger partial charge in [-0.3, -0.25) is 4.79 Å². The van der Waals surface area contributed by atoms with E-state index in [2.05, 4.69) is 49.8 Å². The van der Waals surface area contributed by atoms with Gasteiger partial charge >= 0.3 is 0 Å². The minimum absolute atomic E-state index is 0.0185. The summed E-state index contributed by atoms with van der Waals surface area (Å²) in [6.45, 7) is 13.9. The molecule has 1 aliphatic heterocycles. The van der Waals surface area contributed by atoms with Gasteiger partial charge in [0, 0.05) is 24.5 Å². The standard InChI is InChI=1S/C17H29N3OS/c1-12-7-6-8-20(9-12)10-13(2)19-16(21)14-15(17(3,4)5)18-11-22-14/h11-13H,6-10H2,1-5H3,(H,19,21)/t12-,13-/m1/s1. The Kier molecular flexibility index (Phi) is 5.61. The summed E-state index contributed by atoms with van der Waals surface area (Å²) in [6.07, 6.45) is 2.60. The maximum absolute atomic E-state index is 12.5. The quantitative estimate of drug-likeness (QED) is 0.925. The first-order chi connectivity index (χ1) is 10.3. The Labute approximate surface area is 138 Å². The smallest absolute Gasteiger partial charge is 0.263 e. The molecule has 4 nitrogen and oxygen atoms in total. The zero-order valence-corrected chi connectivity index (χ0v) is 15.3. The van der Waals surface area contributed by atoms with Crippen molar-refractivity contribution in [3.8, 4) is 0 Å². The molecule has 1 fully saturated rings. The van der Waals surface area contributed by atoms with Crippen LogP contribution >= 0.6 is 11.3 Å². The van der Waals surface area contributed by atoms with Gasteiger partial charge in [-0.05, 0) is 32.2 Å². The van der Waals surface area contributed by atoms with Crippen molar-refractivity contribution in [3.05, 3.63) is 16.1 Å². The van der Waals surface area contributed by atoms with Crippen LogP contribution in [0.15, 0.2) is 5.51 Å². The Morgan fingerprint density at radius 3 is 2.91 bits per heavy atom. The van der Waals surface area contributed by atoms with E-state index in [1.54, 1.807) is 5.51 Å². The van der Waals surface area contributed by atoms with Crippen molar-refractivity contribution < 1.29 is 4.79 Å². The fourth-order valence-corrected chi connectivity index (χ4v) is 4.02. The molecule has 0 spiro atoms. The molecule has 0 radical (unpaired) electrons. The van der Waals surface area contributed by atoms with Crippen LogP contribution in [0.5, 0.6) is 0 Å². The number of carbonyl (C=O) groups is 1. The van der Waals surface area contributed by atoms with Crippen LogP contribution in [-0.2, 0) is 5.41 Å². The van der Waals surface area contributed by atoms with E-state index in [1.807, 2.05) is 0 Å². The molecular weight excluding hydrogens is 294 g/mol. The molecule has 0 unspecified atom stereocenters. The minimum Gasteiger partial charge on any atom is -0.348 e. The highest BCUT2D eigenvalue weighted by molar-refractivity contribution is 7.11. The number of aromatic nitrogens is 1. The van der Waals surface area contributed by atoms with Crippen LogP contribution in [-0.4, -0.2) is 41.5 Å². The first-order valence-electron chi connectivity index (χ1n) is 8.24. The molecule has 1 aromatic heterocycles. The van der Waals surface area contributed by atoms with Gasteiger partial charge in [-0.1, -0.05) is 27.7 Å². The Bertz CT molecular complexity index is 506. The maximum atomic E-state index is 12.5. The normalized spacial score (nSPS) is 21.6. The van der Waals surface area contributed by atoms with Crippen molar-refractivity contribution in [2.24, 2.45) is 5.92 Å². The molecule has 1 N–H and O–H groups in total. The Balaban J connectivity index is 1.93. The van der Waals surface area contributed by atoms with Gasteiger partial charge in [0.25, 0.3) is 5.91 Å². The number of rotatable bonds is 4. The molecule has 5 heteroatoms. The second-order valence-electron chi connectivity index (χ2n) is 7.66. The van der Waals surface area contributed by atoms with Crippen molar-refractivity contribution in [2.75, 3.05) is 19.6 Å². The molecule has 2 heterocycles. The van der Waals surface area contributed by atoms with E-state index < -0.39 is 0 Å². The van der Waals surface area contributed by atoms with E-state index in [-0.39, 0.29) is 17.4 Å². The molecule has 1 aliphatic rings. The molecule has 0 bridgehead atoms. The number of thiazole rings is 1. The molecule has 0 aromatic carbocycles. The van der Waals surface area contributed by atoms with E-state index >= 15 is 0 Å². The number of likely N-dealkylation sites (tertiary alicyclic amines) is 1. The van der Waals surface area contributed by atoms with Crippen molar-refractivity contribution >= 4 is 17.2 Å². The first-order valence-corrected chi connectivity index (χ1v) is 9.12. The predicted molar refractivity (Wildman–Crippen MR) is 92.6 cm³/mol. The lowest BCUT2D eigenvalue weighted by molar-refractivity contribution is 0.0921. The molecule has 0 saturated carbocycles. The molecule has 2 atom stereocenters. The van der Waals surface area contributed by atoms with Gasteiger partial charge in [-0.15, -0.1) is 11.3 Å². The molecular formula is C17H29N3OS. The monoisotopic (exact) mass is 323 g/mol. The lowest BCUT2D eigenvalue weighted by atomic mass is 9.91. The lowest BCUT2D eigenvalue weighted by Gasteiger charge is -2.32. The largest absolute Gasteiger partial charge is 0.348 e. The summed E-state index contributed by atoms with van der Waals surface area (Å²) >= 11 is 1.44. The van der Waals surface area contributed by atoms with E-state index in [0.717, 1.165) is 36.1 Å². The second kappa shape index (κ2) is 7.09. The van der Waals surface area contributed by atoms with Crippen molar-refractivity contribution in [2.45, 2.75) is 58.9 Å². The summed E-state index contributed by atoms with van der Waals surface area (Å²) in [5.74, 6) is 0.788. The third-order valence-corrected chi connectivity index (χ3v) is 4.96. The highest BCUT2D eigenvalue weighted by Crippen LogP contribution is 2.27. The Morgan fingerprint density at radius 1 is 1.55 bits per heavy atom. The van der Waals surface area contributed by atoms with Crippen molar-refractivity contribution in [1.82, 2.24) is 15.2 Å². The fraction of sp³-hybridized carbons (Fsp3) is 0.765. The van der Waals surface area contributed by atoms with Crippen LogP contribution in [0, 0.1) is 5.92 Å². The van der Waals surface area contributed by atoms with E-state index in [1.165, 1.54) is 24.2 Å². The van der Waals surface area contributed by atoms with Crippen LogP contribution < -0.4 is 5.32 Å². The molecule has 1 aromatic rings. The third-order valence-electron chi connectivity index (χ3n) is 4.13. The second-order valence-corrected chi connectivity index (χ2v) is 8.52. The average Bonchev–Trinajstić information content (AvgIpc) is 2.87. The van der Waals surface area contributed by atoms with Crippen LogP contribution in [0.3, 0.4) is 0 Å². The van der Waals surface area contributed by atoms with Gasteiger partial charge in [-0.2, -0.15) is 0 Å². The molecule has 22 heavy (non-hydrogen) atoms. The van der Waals surface area contributed by atoms with Crippen LogP contribution in [0.1, 0.15) is 62.8 Å². The zero-order chi connectivity index (χ0) is 16.3. The van der Waals surface area contributed by atoms with E-state index in [4.69, 9.17) is 0 Å². The number of piperidine rings is 1. The number of amides is 1. The summed E-state index contributed by atoms with van der Waals surface area (Å²) in [4.78, 5) is 20.1. The maximum Gasteiger partial charge on any atom is 0.263 e. The van der Waals surface area contributed by atoms with Crippen molar-refractivity contribution in [1.29, 1.82) is 0 Å². The predicted octanol–water partition coefficient (Wildman–Crippen LogP) is 3.29. The molecule has 1 amide bonds. The van der Waals surface area contributed by atoms with Crippen molar-refractivity contribution in [3.63, 3.8) is 0 Å². The Hall–Kier alpha value is -0.940. The molecule has 1 saturated heterocycles. The van der Waals surface area contributed by atoms with Gasteiger partial charge in [-0.25, -0.2) is 4.98 Å². The highest BCUT2D eigenvalue weighted by Gasteiger charge is 2.26. The lowest BCUT2D eigenvalue weighted by Crippen LogP contribution is -2.45. The summed E-state index contributed by atoms with van der Waals surface area (Å²) in [5, 5.41) is 3.15. The SMILES string of the molecule is C[C@@H]1CCCN(C[C@@H](C)NC(=O)c2scnc2C(C)(C)C)C1. The van der Waals surface area contributed by atoms with Gasteiger partial charge < -0.3 is 10.2 Å². The van der Waals surface area contributed by atoms with E-state index in [9.17, 15) is 4.79 Å². The average molecular weight is 324 g/mol. The van der Waals surface area contributed by atoms with Crippen LogP contribution in [0.2, 0.25) is 0 Å². The summed E-state index contributed by atoms with van der Waals surface area (Å²) in [6, 6.07) is 0.160. The summed E-state index contributed by atoms with van der Waals surface area (Å²) in [5.41, 5.74) is 2.57. The van der Waals surface area contributed by atoms with Crippen LogP contribution in [0.4, 0.5) is 0 Å².